The third kappa shape index (κ3) is 26.1. The van der Waals surface area contributed by atoms with Crippen LogP contribution in [0.5, 0.6) is 0 Å². The van der Waals surface area contributed by atoms with Crippen molar-refractivity contribution in [1.82, 2.24) is 4.90 Å². The quantitative estimate of drug-likeness (QED) is 0.204. The van der Waals surface area contributed by atoms with Gasteiger partial charge in [-0.15, -0.1) is 0 Å². The molecule has 0 aliphatic carbocycles. The fourth-order valence-corrected chi connectivity index (χ4v) is 2.85. The molecule has 0 spiro atoms. The highest BCUT2D eigenvalue weighted by atomic mass is 16.7. The number of nitrogens with zero attached hydrogens (tertiary/aromatic N) is 1. The third-order valence-electron chi connectivity index (χ3n) is 4.34. The molecule has 1 fully saturated rings. The molecule has 37 heavy (non-hydrogen) atoms. The van der Waals surface area contributed by atoms with Gasteiger partial charge in [0.2, 0.25) is 5.91 Å². The van der Waals surface area contributed by atoms with E-state index in [9.17, 15) is 14.7 Å². The van der Waals surface area contributed by atoms with Gasteiger partial charge in [0, 0.05) is 52.2 Å². The Kier molecular flexibility index (Phi) is 33.8. The molecular weight excluding hydrogens is 482 g/mol. The summed E-state index contributed by atoms with van der Waals surface area (Å²) in [5.41, 5.74) is -0.702. The van der Waals surface area contributed by atoms with Gasteiger partial charge in [-0.1, -0.05) is 34.1 Å². The molecule has 1 aliphatic rings. The molecule has 1 heterocycles. The van der Waals surface area contributed by atoms with E-state index in [1.165, 1.54) is 13.5 Å². The summed E-state index contributed by atoms with van der Waals surface area (Å²) < 4.78 is 21.1. The highest BCUT2D eigenvalue weighted by molar-refractivity contribution is 5.81. The minimum Gasteiger partial charge on any atom is -0.469 e. The van der Waals surface area contributed by atoms with E-state index in [0.29, 0.717) is 45.8 Å². The summed E-state index contributed by atoms with van der Waals surface area (Å²) in [6.07, 6.45) is 2.57. The van der Waals surface area contributed by atoms with Crippen molar-refractivity contribution in [2.75, 3.05) is 59.8 Å². The Labute approximate surface area is 226 Å². The summed E-state index contributed by atoms with van der Waals surface area (Å²) in [5.74, 6) is -1.23. The molecular formula is C27H59NO9. The molecule has 0 saturated carbocycles. The van der Waals surface area contributed by atoms with Crippen LogP contribution in [0.25, 0.3) is 0 Å². The van der Waals surface area contributed by atoms with Crippen molar-refractivity contribution in [2.24, 2.45) is 0 Å². The van der Waals surface area contributed by atoms with Crippen LogP contribution in [0.2, 0.25) is 0 Å². The minimum atomic E-state index is -0.778. The zero-order valence-electron chi connectivity index (χ0n) is 25.4. The number of likely N-dealkylation sites (tertiary alicyclic amines) is 1. The molecule has 0 bridgehead atoms. The molecule has 1 aliphatic heterocycles. The molecule has 0 radical (unpaired) electrons. The molecule has 0 aromatic rings. The van der Waals surface area contributed by atoms with Gasteiger partial charge < -0.3 is 39.2 Å². The van der Waals surface area contributed by atoms with Gasteiger partial charge in [0.1, 0.15) is 0 Å². The van der Waals surface area contributed by atoms with Crippen LogP contribution in [0.3, 0.4) is 0 Å². The zero-order valence-corrected chi connectivity index (χ0v) is 25.4. The molecule has 0 unspecified atom stereocenters. The lowest BCUT2D eigenvalue weighted by Crippen LogP contribution is -2.53. The summed E-state index contributed by atoms with van der Waals surface area (Å²) in [6.45, 7) is 20.3. The highest BCUT2D eigenvalue weighted by Crippen LogP contribution is 2.32. The first-order chi connectivity index (χ1) is 17.5. The maximum atomic E-state index is 12.1. The van der Waals surface area contributed by atoms with Gasteiger partial charge in [-0.2, -0.15) is 0 Å². The lowest BCUT2D eigenvalue weighted by molar-refractivity contribution is -0.300. The second-order valence-corrected chi connectivity index (χ2v) is 8.26. The van der Waals surface area contributed by atoms with Gasteiger partial charge in [0.25, 0.3) is 0 Å². The van der Waals surface area contributed by atoms with Crippen molar-refractivity contribution in [1.29, 1.82) is 0 Å². The molecule has 10 nitrogen and oxygen atoms in total. The van der Waals surface area contributed by atoms with Crippen LogP contribution in [0.1, 0.15) is 94.4 Å². The van der Waals surface area contributed by atoms with E-state index in [0.717, 1.165) is 0 Å². The predicted octanol–water partition coefficient (Wildman–Crippen LogP) is 3.54. The van der Waals surface area contributed by atoms with Gasteiger partial charge in [-0.3, -0.25) is 9.59 Å². The van der Waals surface area contributed by atoms with E-state index < -0.39 is 11.4 Å². The molecule has 1 amide bonds. The normalized spacial score (nSPS) is 13.7. The smallest absolute Gasteiger partial charge is 0.306 e. The highest BCUT2D eigenvalue weighted by Gasteiger charge is 2.41. The van der Waals surface area contributed by atoms with Crippen LogP contribution in [0, 0.1) is 0 Å². The Balaban J connectivity index is -0.000000322. The van der Waals surface area contributed by atoms with Crippen molar-refractivity contribution in [3.63, 3.8) is 0 Å². The van der Waals surface area contributed by atoms with Gasteiger partial charge in [-0.25, -0.2) is 0 Å². The maximum absolute atomic E-state index is 12.1. The van der Waals surface area contributed by atoms with Gasteiger partial charge >= 0.3 is 5.97 Å². The van der Waals surface area contributed by atoms with Crippen LogP contribution in [-0.4, -0.2) is 103 Å². The zero-order chi connectivity index (χ0) is 29.8. The van der Waals surface area contributed by atoms with Crippen LogP contribution in [-0.2, 0) is 28.5 Å². The van der Waals surface area contributed by atoms with Crippen LogP contribution in [0.15, 0.2) is 0 Å². The molecule has 1 saturated heterocycles. The lowest BCUT2D eigenvalue weighted by atomic mass is 10.0. The topological polar surface area (TPSA) is 135 Å². The number of ether oxygens (including phenoxy) is 4. The first kappa shape index (κ1) is 42.8. The fourth-order valence-electron chi connectivity index (χ4n) is 2.85. The largest absolute Gasteiger partial charge is 0.469 e. The number of esters is 1. The van der Waals surface area contributed by atoms with Crippen LogP contribution >= 0.6 is 0 Å². The second kappa shape index (κ2) is 29.3. The van der Waals surface area contributed by atoms with Gasteiger partial charge in [-0.05, 0) is 34.6 Å². The summed E-state index contributed by atoms with van der Waals surface area (Å²) in [5, 5.41) is 25.0. The number of hydrogen-bond donors (Lipinski definition) is 3. The Hall–Kier alpha value is -1.30. The summed E-state index contributed by atoms with van der Waals surface area (Å²) in [4.78, 5) is 25.0. The Morgan fingerprint density at radius 3 is 1.73 bits per heavy atom. The summed E-state index contributed by atoms with van der Waals surface area (Å²) in [7, 11) is 1.31. The van der Waals surface area contributed by atoms with Crippen LogP contribution in [0.4, 0.5) is 0 Å². The van der Waals surface area contributed by atoms with Crippen molar-refractivity contribution in [3.05, 3.63) is 0 Å². The average molecular weight is 542 g/mol. The molecule has 1 rings (SSSR count). The summed E-state index contributed by atoms with van der Waals surface area (Å²) >= 11 is 0. The number of rotatable bonds is 11. The molecule has 226 valence electrons. The van der Waals surface area contributed by atoms with E-state index in [1.54, 1.807) is 11.8 Å². The number of carbonyl (C=O) groups is 2. The van der Waals surface area contributed by atoms with E-state index >= 15 is 0 Å². The number of hydrogen-bond acceptors (Lipinski definition) is 9. The Bertz CT molecular complexity index is 488. The van der Waals surface area contributed by atoms with Gasteiger partial charge in [0.05, 0.1) is 39.0 Å². The van der Waals surface area contributed by atoms with Crippen LogP contribution < -0.4 is 0 Å². The molecule has 3 N–H and O–H groups in total. The number of aliphatic hydroxyl groups is 3. The number of aliphatic hydroxyl groups excluding tert-OH is 3. The van der Waals surface area contributed by atoms with Crippen molar-refractivity contribution < 1.29 is 43.9 Å². The SMILES string of the molecule is CC.CCC.CCO.CCOC1(OC(C)(C)CO)CCN(C(=O)CCC(=O)OC)CC1.CCOCCO. The van der Waals surface area contributed by atoms with Crippen molar-refractivity contribution in [2.45, 2.75) is 106 Å². The molecule has 0 aromatic heterocycles. The average Bonchev–Trinajstić information content (AvgIpc) is 2.88. The number of carbonyl (C=O) groups excluding carboxylic acids is 2. The monoisotopic (exact) mass is 541 g/mol. The molecule has 0 atom stereocenters. The Morgan fingerprint density at radius 2 is 1.41 bits per heavy atom. The van der Waals surface area contributed by atoms with E-state index in [2.05, 4.69) is 18.6 Å². The first-order valence-corrected chi connectivity index (χ1v) is 13.6. The lowest BCUT2D eigenvalue weighted by Gasteiger charge is -2.44. The number of piperidine rings is 1. The molecule has 0 aromatic carbocycles. The predicted molar refractivity (Wildman–Crippen MR) is 147 cm³/mol. The number of amides is 1. The van der Waals surface area contributed by atoms with E-state index in [4.69, 9.17) is 24.4 Å². The fraction of sp³-hybridized carbons (Fsp3) is 0.926. The van der Waals surface area contributed by atoms with Gasteiger partial charge in [0.15, 0.2) is 5.79 Å². The van der Waals surface area contributed by atoms with E-state index in [-0.39, 0.29) is 44.5 Å². The second-order valence-electron chi connectivity index (χ2n) is 8.26. The first-order valence-electron chi connectivity index (χ1n) is 13.6. The third-order valence-corrected chi connectivity index (χ3v) is 4.34. The standard InChI is InChI=1S/C16H29NO6.C4H10O2.C3H8.C2H6O.C2H6/c1-5-22-16(23-15(2,3)12-18)8-10-17(11-9-16)13(19)6-7-14(20)21-4;1-2-6-4-3-5;1-3-2;1-2-3;1-2/h18H,5-12H2,1-4H3;5H,2-4H2,1H3;3H2,1-2H3;3H,2H2,1H3;1-2H3. The van der Waals surface area contributed by atoms with Crippen molar-refractivity contribution in [3.8, 4) is 0 Å². The molecule has 10 heteroatoms. The van der Waals surface area contributed by atoms with Crippen molar-refractivity contribution >= 4 is 11.9 Å². The summed E-state index contributed by atoms with van der Waals surface area (Å²) in [6, 6.07) is 0. The van der Waals surface area contributed by atoms with E-state index in [1.807, 2.05) is 41.5 Å². The Morgan fingerprint density at radius 1 is 0.919 bits per heavy atom. The maximum Gasteiger partial charge on any atom is 0.306 e. The number of methoxy groups -OCH3 is 1. The minimum absolute atomic E-state index is 0.0677.